The van der Waals surface area contributed by atoms with E-state index in [1.807, 2.05) is 6.92 Å². The van der Waals surface area contributed by atoms with Gasteiger partial charge in [0, 0.05) is 0 Å². The van der Waals surface area contributed by atoms with Crippen LogP contribution in [0.1, 0.15) is 19.8 Å². The van der Waals surface area contributed by atoms with Gasteiger partial charge in [-0.1, -0.05) is 5.57 Å². The highest BCUT2D eigenvalue weighted by atomic mass is 16.3. The molecule has 0 amide bonds. The maximum absolute atomic E-state index is 8.54. The molecule has 2 nitrogen and oxygen atoms in total. The first-order chi connectivity index (χ1) is 3.63. The number of rotatable bonds is 3. The van der Waals surface area contributed by atoms with Gasteiger partial charge in [0.05, 0.1) is 0 Å². The topological polar surface area (TPSA) is 46.2 Å². The Morgan fingerprint density at radius 2 is 2.38 bits per heavy atom. The van der Waals surface area contributed by atoms with Crippen molar-refractivity contribution in [3.63, 3.8) is 0 Å². The Balaban J connectivity index is 3.05. The second kappa shape index (κ2) is 3.64. The van der Waals surface area contributed by atoms with Gasteiger partial charge in [0.1, 0.15) is 6.23 Å². The SMILES string of the molecule is C=C(C)CCC(N)O. The minimum absolute atomic E-state index is 0.620. The zero-order valence-corrected chi connectivity index (χ0v) is 5.22. The van der Waals surface area contributed by atoms with Gasteiger partial charge < -0.3 is 10.8 Å². The normalized spacial score (nSPS) is 13.4. The summed E-state index contributed by atoms with van der Waals surface area (Å²) in [7, 11) is 0. The molecule has 0 fully saturated rings. The number of hydrogen-bond acceptors (Lipinski definition) is 2. The van der Waals surface area contributed by atoms with Gasteiger partial charge in [-0.15, -0.1) is 6.58 Å². The van der Waals surface area contributed by atoms with E-state index in [1.54, 1.807) is 0 Å². The number of hydrogen-bond donors (Lipinski definition) is 2. The Morgan fingerprint density at radius 3 is 2.50 bits per heavy atom. The van der Waals surface area contributed by atoms with E-state index in [0.717, 1.165) is 12.0 Å². The van der Waals surface area contributed by atoms with Gasteiger partial charge in [-0.25, -0.2) is 0 Å². The average molecular weight is 115 g/mol. The molecule has 3 N–H and O–H groups in total. The van der Waals surface area contributed by atoms with Crippen molar-refractivity contribution in [3.8, 4) is 0 Å². The van der Waals surface area contributed by atoms with E-state index >= 15 is 0 Å². The van der Waals surface area contributed by atoms with Crippen LogP contribution >= 0.6 is 0 Å². The Morgan fingerprint density at radius 1 is 1.88 bits per heavy atom. The molecule has 0 radical (unpaired) electrons. The van der Waals surface area contributed by atoms with Crippen LogP contribution in [0.2, 0.25) is 0 Å². The van der Waals surface area contributed by atoms with Crippen molar-refractivity contribution in [2.45, 2.75) is 26.0 Å². The van der Waals surface area contributed by atoms with E-state index in [4.69, 9.17) is 10.8 Å². The van der Waals surface area contributed by atoms with Gasteiger partial charge >= 0.3 is 0 Å². The van der Waals surface area contributed by atoms with Gasteiger partial charge in [0.25, 0.3) is 0 Å². The molecule has 0 bridgehead atoms. The highest BCUT2D eigenvalue weighted by molar-refractivity contribution is 4.87. The van der Waals surface area contributed by atoms with Crippen molar-refractivity contribution in [1.82, 2.24) is 0 Å². The van der Waals surface area contributed by atoms with Crippen molar-refractivity contribution in [2.24, 2.45) is 5.73 Å². The van der Waals surface area contributed by atoms with Gasteiger partial charge in [-0.2, -0.15) is 0 Å². The van der Waals surface area contributed by atoms with Crippen molar-refractivity contribution in [2.75, 3.05) is 0 Å². The molecule has 0 heterocycles. The number of nitrogens with two attached hydrogens (primary N) is 1. The van der Waals surface area contributed by atoms with Gasteiger partial charge in [0.15, 0.2) is 0 Å². The third-order valence-electron chi connectivity index (χ3n) is 0.867. The predicted molar refractivity (Wildman–Crippen MR) is 34.2 cm³/mol. The van der Waals surface area contributed by atoms with Crippen LogP contribution in [0, 0.1) is 0 Å². The molecule has 1 atom stereocenters. The number of aliphatic hydroxyl groups excluding tert-OH is 1. The second-order valence-corrected chi connectivity index (χ2v) is 2.06. The predicted octanol–water partition coefficient (Wildman–Crippen LogP) is 0.620. The van der Waals surface area contributed by atoms with Gasteiger partial charge in [-0.05, 0) is 19.8 Å². The minimum Gasteiger partial charge on any atom is -0.379 e. The van der Waals surface area contributed by atoms with E-state index in [-0.39, 0.29) is 0 Å². The van der Waals surface area contributed by atoms with Crippen LogP contribution in [0.15, 0.2) is 12.2 Å². The zero-order chi connectivity index (χ0) is 6.57. The van der Waals surface area contributed by atoms with Crippen LogP contribution in [0.25, 0.3) is 0 Å². The molecular weight excluding hydrogens is 102 g/mol. The summed E-state index contributed by atoms with van der Waals surface area (Å²) in [5, 5.41) is 8.54. The first kappa shape index (κ1) is 7.66. The molecule has 0 aliphatic heterocycles. The monoisotopic (exact) mass is 115 g/mol. The minimum atomic E-state index is -0.674. The van der Waals surface area contributed by atoms with Crippen molar-refractivity contribution in [1.29, 1.82) is 0 Å². The van der Waals surface area contributed by atoms with Gasteiger partial charge in [0.2, 0.25) is 0 Å². The summed E-state index contributed by atoms with van der Waals surface area (Å²) in [5.74, 6) is 0. The molecule has 0 saturated carbocycles. The highest BCUT2D eigenvalue weighted by Crippen LogP contribution is 2.00. The molecule has 0 aromatic heterocycles. The van der Waals surface area contributed by atoms with Crippen LogP contribution in [-0.4, -0.2) is 11.3 Å². The van der Waals surface area contributed by atoms with Crippen molar-refractivity contribution >= 4 is 0 Å². The van der Waals surface area contributed by atoms with E-state index in [1.165, 1.54) is 0 Å². The van der Waals surface area contributed by atoms with Gasteiger partial charge in [-0.3, -0.25) is 0 Å². The summed E-state index contributed by atoms with van der Waals surface area (Å²) in [6.45, 7) is 5.58. The molecule has 2 heteroatoms. The van der Waals surface area contributed by atoms with E-state index in [0.29, 0.717) is 6.42 Å². The van der Waals surface area contributed by atoms with E-state index in [2.05, 4.69) is 6.58 Å². The summed E-state index contributed by atoms with van der Waals surface area (Å²) >= 11 is 0. The first-order valence-electron chi connectivity index (χ1n) is 2.71. The fourth-order valence-corrected chi connectivity index (χ4v) is 0.394. The Hall–Kier alpha value is -0.340. The number of allylic oxidation sites excluding steroid dienone is 1. The van der Waals surface area contributed by atoms with Crippen LogP contribution in [-0.2, 0) is 0 Å². The maximum atomic E-state index is 8.54. The maximum Gasteiger partial charge on any atom is 0.102 e. The molecular formula is C6H13NO. The average Bonchev–Trinajstić information content (AvgIpc) is 1.61. The molecule has 0 saturated heterocycles. The third-order valence-corrected chi connectivity index (χ3v) is 0.867. The van der Waals surface area contributed by atoms with Crippen LogP contribution in [0.4, 0.5) is 0 Å². The molecule has 48 valence electrons. The first-order valence-corrected chi connectivity index (χ1v) is 2.71. The summed E-state index contributed by atoms with van der Waals surface area (Å²) in [6.07, 6.45) is 0.763. The van der Waals surface area contributed by atoms with Crippen LogP contribution in [0.3, 0.4) is 0 Å². The molecule has 0 aromatic rings. The zero-order valence-electron chi connectivity index (χ0n) is 5.22. The standard InChI is InChI=1S/C6H13NO/c1-5(2)3-4-6(7)8/h6,8H,1,3-4,7H2,2H3. The quantitative estimate of drug-likeness (QED) is 0.418. The number of aliphatic hydroxyl groups is 1. The van der Waals surface area contributed by atoms with Crippen LogP contribution in [0.5, 0.6) is 0 Å². The second-order valence-electron chi connectivity index (χ2n) is 2.06. The molecule has 0 rings (SSSR count). The Kier molecular flexibility index (Phi) is 3.48. The smallest absolute Gasteiger partial charge is 0.102 e. The lowest BCUT2D eigenvalue weighted by atomic mass is 10.2. The van der Waals surface area contributed by atoms with E-state index in [9.17, 15) is 0 Å². The Labute approximate surface area is 50.0 Å². The fourth-order valence-electron chi connectivity index (χ4n) is 0.394. The summed E-state index contributed by atoms with van der Waals surface area (Å²) in [6, 6.07) is 0. The van der Waals surface area contributed by atoms with Crippen molar-refractivity contribution in [3.05, 3.63) is 12.2 Å². The lowest BCUT2D eigenvalue weighted by Gasteiger charge is -2.01. The summed E-state index contributed by atoms with van der Waals surface area (Å²) < 4.78 is 0. The lowest BCUT2D eigenvalue weighted by molar-refractivity contribution is 0.172. The third kappa shape index (κ3) is 5.66. The summed E-state index contributed by atoms with van der Waals surface area (Å²) in [5.41, 5.74) is 6.12. The molecule has 0 spiro atoms. The molecule has 0 aliphatic carbocycles. The lowest BCUT2D eigenvalue weighted by Crippen LogP contribution is -2.17. The largest absolute Gasteiger partial charge is 0.379 e. The summed E-state index contributed by atoms with van der Waals surface area (Å²) in [4.78, 5) is 0. The van der Waals surface area contributed by atoms with Crippen molar-refractivity contribution < 1.29 is 5.11 Å². The fraction of sp³-hybridized carbons (Fsp3) is 0.667. The molecule has 0 aromatic carbocycles. The molecule has 8 heavy (non-hydrogen) atoms. The molecule has 0 aliphatic rings. The van der Waals surface area contributed by atoms with E-state index < -0.39 is 6.23 Å². The van der Waals surface area contributed by atoms with Crippen LogP contribution < -0.4 is 5.73 Å². The molecule has 1 unspecified atom stereocenters. The Bertz CT molecular complexity index is 78.6. The highest BCUT2D eigenvalue weighted by Gasteiger charge is 1.93.